The number of carbonyl (C=O) groups is 1. The molecule has 1 aliphatic rings. The maximum atomic E-state index is 11.6. The van der Waals surface area contributed by atoms with Crippen LogP contribution in [0.4, 0.5) is 4.79 Å². The topological polar surface area (TPSA) is 62.1 Å². The van der Waals surface area contributed by atoms with Crippen LogP contribution in [-0.2, 0) is 4.74 Å². The van der Waals surface area contributed by atoms with E-state index in [1.54, 1.807) is 0 Å². The largest absolute Gasteiger partial charge is 0.444 e. The van der Waals surface area contributed by atoms with Gasteiger partial charge in [0.1, 0.15) is 5.60 Å². The van der Waals surface area contributed by atoms with Gasteiger partial charge in [-0.1, -0.05) is 0 Å². The van der Waals surface area contributed by atoms with Crippen molar-refractivity contribution in [1.82, 2.24) is 5.32 Å². The molecule has 1 unspecified atom stereocenters. The molecule has 0 spiro atoms. The van der Waals surface area contributed by atoms with Crippen LogP contribution in [0.5, 0.6) is 0 Å². The van der Waals surface area contributed by atoms with E-state index in [-0.39, 0.29) is 11.5 Å². The van der Waals surface area contributed by atoms with Gasteiger partial charge < -0.3 is 10.1 Å². The van der Waals surface area contributed by atoms with E-state index in [0.717, 1.165) is 19.3 Å². The number of hydrogen-bond donors (Lipinski definition) is 1. The van der Waals surface area contributed by atoms with Gasteiger partial charge in [0.2, 0.25) is 0 Å². The van der Waals surface area contributed by atoms with Crippen molar-refractivity contribution in [2.24, 2.45) is 5.92 Å². The van der Waals surface area contributed by atoms with E-state index in [0.29, 0.717) is 0 Å². The zero-order chi connectivity index (χ0) is 12.4. The molecule has 0 saturated heterocycles. The van der Waals surface area contributed by atoms with Crippen molar-refractivity contribution in [2.45, 2.75) is 58.1 Å². The van der Waals surface area contributed by atoms with Crippen LogP contribution in [-0.4, -0.2) is 17.2 Å². The Morgan fingerprint density at radius 1 is 1.50 bits per heavy atom. The monoisotopic (exact) mass is 224 g/mol. The smallest absolute Gasteiger partial charge is 0.408 e. The normalized spacial score (nSPS) is 20.2. The van der Waals surface area contributed by atoms with E-state index in [2.05, 4.69) is 11.4 Å². The fraction of sp³-hybridized carbons (Fsp3) is 0.833. The van der Waals surface area contributed by atoms with Crippen molar-refractivity contribution in [2.75, 3.05) is 0 Å². The molecule has 1 rings (SSSR count). The molecule has 1 atom stereocenters. The Morgan fingerprint density at radius 3 is 2.38 bits per heavy atom. The van der Waals surface area contributed by atoms with E-state index in [1.165, 1.54) is 0 Å². The molecule has 0 aliphatic heterocycles. The Labute approximate surface area is 97.0 Å². The number of nitrogens with one attached hydrogen (secondary N) is 1. The van der Waals surface area contributed by atoms with Gasteiger partial charge in [-0.15, -0.1) is 0 Å². The van der Waals surface area contributed by atoms with Crippen LogP contribution in [0.25, 0.3) is 0 Å². The predicted molar refractivity (Wildman–Crippen MR) is 60.7 cm³/mol. The van der Waals surface area contributed by atoms with Crippen molar-refractivity contribution >= 4 is 6.09 Å². The Bertz CT molecular complexity index is 308. The average Bonchev–Trinajstić information content (AvgIpc) is 2.07. The van der Waals surface area contributed by atoms with Crippen LogP contribution in [0.2, 0.25) is 0 Å². The average molecular weight is 224 g/mol. The van der Waals surface area contributed by atoms with Crippen molar-refractivity contribution in [1.29, 1.82) is 5.26 Å². The first kappa shape index (κ1) is 12.8. The van der Waals surface area contributed by atoms with Gasteiger partial charge in [0.25, 0.3) is 0 Å². The van der Waals surface area contributed by atoms with Crippen molar-refractivity contribution < 1.29 is 9.53 Å². The molecule has 0 heterocycles. The van der Waals surface area contributed by atoms with Crippen molar-refractivity contribution in [3.63, 3.8) is 0 Å². The molecular weight excluding hydrogens is 204 g/mol. The van der Waals surface area contributed by atoms with Crippen LogP contribution < -0.4 is 5.32 Å². The third-order valence-electron chi connectivity index (χ3n) is 3.02. The Morgan fingerprint density at radius 2 is 2.06 bits per heavy atom. The molecule has 4 nitrogen and oxygen atoms in total. The number of ether oxygens (including phenoxy) is 1. The molecule has 90 valence electrons. The van der Waals surface area contributed by atoms with Crippen molar-refractivity contribution in [3.05, 3.63) is 0 Å². The molecule has 1 amide bonds. The summed E-state index contributed by atoms with van der Waals surface area (Å²) < 4.78 is 5.20. The lowest BCUT2D eigenvalue weighted by Gasteiger charge is -2.44. The van der Waals surface area contributed by atoms with Gasteiger partial charge in [0.05, 0.1) is 17.5 Å². The van der Waals surface area contributed by atoms with E-state index in [4.69, 9.17) is 10.00 Å². The summed E-state index contributed by atoms with van der Waals surface area (Å²) in [5, 5.41) is 11.8. The molecule has 1 fully saturated rings. The van der Waals surface area contributed by atoms with Gasteiger partial charge >= 0.3 is 6.09 Å². The first-order valence-corrected chi connectivity index (χ1v) is 5.70. The molecule has 0 radical (unpaired) electrons. The maximum Gasteiger partial charge on any atom is 0.408 e. The summed E-state index contributed by atoms with van der Waals surface area (Å²) in [4.78, 5) is 11.6. The second-order valence-electron chi connectivity index (χ2n) is 5.49. The molecule has 0 aromatic carbocycles. The van der Waals surface area contributed by atoms with Crippen LogP contribution in [0.3, 0.4) is 0 Å². The number of nitriles is 1. The highest BCUT2D eigenvalue weighted by molar-refractivity contribution is 5.69. The molecule has 1 N–H and O–H groups in total. The third-order valence-corrected chi connectivity index (χ3v) is 3.02. The van der Waals surface area contributed by atoms with Crippen LogP contribution >= 0.6 is 0 Å². The van der Waals surface area contributed by atoms with E-state index < -0.39 is 11.7 Å². The summed E-state index contributed by atoms with van der Waals surface area (Å²) in [7, 11) is 0. The van der Waals surface area contributed by atoms with Gasteiger partial charge in [0, 0.05) is 0 Å². The van der Waals surface area contributed by atoms with Crippen LogP contribution in [0.1, 0.15) is 47.0 Å². The van der Waals surface area contributed by atoms with E-state index >= 15 is 0 Å². The highest BCUT2D eigenvalue weighted by Crippen LogP contribution is 2.38. The zero-order valence-electron chi connectivity index (χ0n) is 10.5. The number of alkyl carbamates (subject to hydrolysis) is 1. The lowest BCUT2D eigenvalue weighted by Crippen LogP contribution is -2.58. The molecule has 0 bridgehead atoms. The Balaban J connectivity index is 2.58. The quantitative estimate of drug-likeness (QED) is 0.784. The molecular formula is C12H20N2O2. The second-order valence-corrected chi connectivity index (χ2v) is 5.49. The van der Waals surface area contributed by atoms with E-state index in [1.807, 2.05) is 27.7 Å². The summed E-state index contributed by atoms with van der Waals surface area (Å²) >= 11 is 0. The summed E-state index contributed by atoms with van der Waals surface area (Å²) in [5.74, 6) is -0.172. The first-order chi connectivity index (χ1) is 7.29. The van der Waals surface area contributed by atoms with E-state index in [9.17, 15) is 4.79 Å². The molecule has 4 heteroatoms. The summed E-state index contributed by atoms with van der Waals surface area (Å²) in [6.45, 7) is 7.33. The SMILES string of the molecule is CC(C#N)C1(NC(=O)OC(C)(C)C)CCC1. The molecule has 0 aromatic heterocycles. The number of hydrogen-bond acceptors (Lipinski definition) is 3. The molecule has 16 heavy (non-hydrogen) atoms. The number of nitrogens with zero attached hydrogens (tertiary/aromatic N) is 1. The van der Waals surface area contributed by atoms with Gasteiger partial charge in [0.15, 0.2) is 0 Å². The van der Waals surface area contributed by atoms with Gasteiger partial charge in [-0.3, -0.25) is 0 Å². The Kier molecular flexibility index (Phi) is 3.47. The highest BCUT2D eigenvalue weighted by Gasteiger charge is 2.44. The van der Waals surface area contributed by atoms with Crippen molar-refractivity contribution in [3.8, 4) is 6.07 Å². The fourth-order valence-corrected chi connectivity index (χ4v) is 1.85. The standard InChI is InChI=1S/C12H20N2O2/c1-9(8-13)12(6-5-7-12)14-10(15)16-11(2,3)4/h9H,5-7H2,1-4H3,(H,14,15). The van der Waals surface area contributed by atoms with Gasteiger partial charge in [-0.05, 0) is 47.0 Å². The Hall–Kier alpha value is -1.24. The minimum absolute atomic E-state index is 0.172. The third kappa shape index (κ3) is 2.88. The van der Waals surface area contributed by atoms with Gasteiger partial charge in [-0.25, -0.2) is 4.79 Å². The number of carbonyl (C=O) groups excluding carboxylic acids is 1. The van der Waals surface area contributed by atoms with Crippen LogP contribution in [0, 0.1) is 17.2 Å². The lowest BCUT2D eigenvalue weighted by atomic mass is 9.69. The second kappa shape index (κ2) is 4.32. The summed E-state index contributed by atoms with van der Waals surface area (Å²) in [6.07, 6.45) is 2.36. The summed E-state index contributed by atoms with van der Waals surface area (Å²) in [6, 6.07) is 2.21. The first-order valence-electron chi connectivity index (χ1n) is 5.70. The minimum Gasteiger partial charge on any atom is -0.444 e. The number of amides is 1. The zero-order valence-corrected chi connectivity index (χ0v) is 10.5. The summed E-state index contributed by atoms with van der Waals surface area (Å²) in [5.41, 5.74) is -0.859. The lowest BCUT2D eigenvalue weighted by molar-refractivity contribution is 0.0333. The minimum atomic E-state index is -0.495. The highest BCUT2D eigenvalue weighted by atomic mass is 16.6. The molecule has 0 aromatic rings. The fourth-order valence-electron chi connectivity index (χ4n) is 1.85. The van der Waals surface area contributed by atoms with Gasteiger partial charge in [-0.2, -0.15) is 5.26 Å². The maximum absolute atomic E-state index is 11.6. The van der Waals surface area contributed by atoms with Crippen LogP contribution in [0.15, 0.2) is 0 Å². The predicted octanol–water partition coefficient (Wildman–Crippen LogP) is 2.59. The molecule has 1 saturated carbocycles. The molecule has 1 aliphatic carbocycles. The number of rotatable bonds is 2.